The second-order valence-electron chi connectivity index (χ2n) is 5.48. The van der Waals surface area contributed by atoms with Crippen LogP contribution in [0, 0.1) is 17.0 Å². The van der Waals surface area contributed by atoms with Gasteiger partial charge in [-0.3, -0.25) is 25.1 Å². The standard InChI is InChI=1S/C17H13N3O5/c1-10-2-4-12(5-3-10)19-17(23)14(16(22)18-19)9-11-8-13(20(24)25)6-7-15(11)21/h2-9,21H,1H3,(H,18,22)/b14-9+. The molecule has 2 N–H and O–H groups in total. The summed E-state index contributed by atoms with van der Waals surface area (Å²) < 4.78 is 0. The van der Waals surface area contributed by atoms with E-state index in [1.165, 1.54) is 0 Å². The van der Waals surface area contributed by atoms with Crippen LogP contribution in [0.25, 0.3) is 6.08 Å². The van der Waals surface area contributed by atoms with Crippen LogP contribution in [0.4, 0.5) is 11.4 Å². The molecule has 0 aromatic heterocycles. The fourth-order valence-corrected chi connectivity index (χ4v) is 2.36. The van der Waals surface area contributed by atoms with Gasteiger partial charge in [0.25, 0.3) is 17.5 Å². The smallest absolute Gasteiger partial charge is 0.282 e. The lowest BCUT2D eigenvalue weighted by Gasteiger charge is -2.14. The van der Waals surface area contributed by atoms with Crippen LogP contribution < -0.4 is 10.4 Å². The molecule has 0 atom stereocenters. The molecule has 0 bridgehead atoms. The molecule has 0 aliphatic carbocycles. The second-order valence-corrected chi connectivity index (χ2v) is 5.48. The molecule has 2 amide bonds. The van der Waals surface area contributed by atoms with Gasteiger partial charge < -0.3 is 5.11 Å². The van der Waals surface area contributed by atoms with Gasteiger partial charge in [0.1, 0.15) is 11.3 Å². The summed E-state index contributed by atoms with van der Waals surface area (Å²) in [6.45, 7) is 1.89. The zero-order chi connectivity index (χ0) is 18.1. The quantitative estimate of drug-likeness (QED) is 0.385. The number of hydrogen-bond donors (Lipinski definition) is 2. The summed E-state index contributed by atoms with van der Waals surface area (Å²) in [4.78, 5) is 34.8. The van der Waals surface area contributed by atoms with E-state index in [1.54, 1.807) is 24.3 Å². The number of rotatable bonds is 3. The fraction of sp³-hybridized carbons (Fsp3) is 0.0588. The number of benzene rings is 2. The summed E-state index contributed by atoms with van der Waals surface area (Å²) in [7, 11) is 0. The van der Waals surface area contributed by atoms with Gasteiger partial charge in [0.05, 0.1) is 10.6 Å². The number of phenolic OH excluding ortho intramolecular Hbond substituents is 1. The Morgan fingerprint density at radius 3 is 2.48 bits per heavy atom. The van der Waals surface area contributed by atoms with E-state index in [0.29, 0.717) is 5.69 Å². The van der Waals surface area contributed by atoms with Crippen molar-refractivity contribution in [1.29, 1.82) is 0 Å². The summed E-state index contributed by atoms with van der Waals surface area (Å²) in [5.41, 5.74) is 3.44. The van der Waals surface area contributed by atoms with Crippen molar-refractivity contribution < 1.29 is 19.6 Å². The molecular weight excluding hydrogens is 326 g/mol. The van der Waals surface area contributed by atoms with Crippen LogP contribution in [0.5, 0.6) is 5.75 Å². The average molecular weight is 339 g/mol. The van der Waals surface area contributed by atoms with Gasteiger partial charge in [-0.1, -0.05) is 17.7 Å². The number of hydrazine groups is 1. The number of amides is 2. The maximum absolute atomic E-state index is 12.5. The van der Waals surface area contributed by atoms with Gasteiger partial charge in [0, 0.05) is 17.7 Å². The van der Waals surface area contributed by atoms with Gasteiger partial charge >= 0.3 is 0 Å². The highest BCUT2D eigenvalue weighted by molar-refractivity contribution is 6.31. The van der Waals surface area contributed by atoms with E-state index in [2.05, 4.69) is 5.43 Å². The average Bonchev–Trinajstić information content (AvgIpc) is 2.85. The molecule has 25 heavy (non-hydrogen) atoms. The van der Waals surface area contributed by atoms with E-state index >= 15 is 0 Å². The van der Waals surface area contributed by atoms with Crippen LogP contribution in [0.15, 0.2) is 48.0 Å². The summed E-state index contributed by atoms with van der Waals surface area (Å²) in [6.07, 6.45) is 1.13. The number of phenols is 1. The Kier molecular flexibility index (Phi) is 3.94. The highest BCUT2D eigenvalue weighted by atomic mass is 16.6. The van der Waals surface area contributed by atoms with Gasteiger partial charge in [-0.15, -0.1) is 0 Å². The maximum atomic E-state index is 12.5. The Bertz CT molecular complexity index is 918. The first-order valence-corrected chi connectivity index (χ1v) is 7.28. The van der Waals surface area contributed by atoms with Gasteiger partial charge in [-0.05, 0) is 31.2 Å². The lowest BCUT2D eigenvalue weighted by atomic mass is 10.1. The summed E-state index contributed by atoms with van der Waals surface area (Å²) >= 11 is 0. The van der Waals surface area contributed by atoms with Crippen LogP contribution in [0.2, 0.25) is 0 Å². The molecule has 126 valence electrons. The molecule has 2 aromatic carbocycles. The Morgan fingerprint density at radius 1 is 1.16 bits per heavy atom. The molecule has 2 aromatic rings. The third-order valence-electron chi connectivity index (χ3n) is 3.71. The largest absolute Gasteiger partial charge is 0.507 e. The van der Waals surface area contributed by atoms with Crippen LogP contribution >= 0.6 is 0 Å². The maximum Gasteiger partial charge on any atom is 0.282 e. The Labute approximate surface area is 142 Å². The number of anilines is 1. The molecule has 0 spiro atoms. The Morgan fingerprint density at radius 2 is 1.84 bits per heavy atom. The summed E-state index contributed by atoms with van der Waals surface area (Å²) in [5.74, 6) is -1.54. The number of hydrogen-bond acceptors (Lipinski definition) is 5. The van der Waals surface area contributed by atoms with E-state index in [9.17, 15) is 24.8 Å². The van der Waals surface area contributed by atoms with Crippen molar-refractivity contribution in [3.8, 4) is 5.75 Å². The minimum Gasteiger partial charge on any atom is -0.507 e. The monoisotopic (exact) mass is 339 g/mol. The third-order valence-corrected chi connectivity index (χ3v) is 3.71. The van der Waals surface area contributed by atoms with E-state index in [4.69, 9.17) is 0 Å². The van der Waals surface area contributed by atoms with E-state index in [-0.39, 0.29) is 22.6 Å². The molecule has 1 aliphatic rings. The lowest BCUT2D eigenvalue weighted by molar-refractivity contribution is -0.384. The van der Waals surface area contributed by atoms with Crippen molar-refractivity contribution in [3.05, 3.63) is 69.3 Å². The number of carbonyl (C=O) groups excluding carboxylic acids is 2. The van der Waals surface area contributed by atoms with E-state index in [1.807, 2.05) is 6.92 Å². The molecule has 1 saturated heterocycles. The van der Waals surface area contributed by atoms with Crippen molar-refractivity contribution >= 4 is 29.3 Å². The first-order chi connectivity index (χ1) is 11.9. The van der Waals surface area contributed by atoms with Crippen molar-refractivity contribution in [3.63, 3.8) is 0 Å². The molecule has 1 heterocycles. The SMILES string of the molecule is Cc1ccc(N2NC(=O)/C(=C\c3cc([N+](=O)[O-])ccc3O)C2=O)cc1. The number of non-ortho nitro benzene ring substituents is 1. The number of nitro benzene ring substituents is 1. The number of nitrogens with zero attached hydrogens (tertiary/aromatic N) is 2. The van der Waals surface area contributed by atoms with Gasteiger partial charge in [-0.2, -0.15) is 0 Å². The summed E-state index contributed by atoms with van der Waals surface area (Å²) in [6, 6.07) is 10.3. The Balaban J connectivity index is 1.98. The third kappa shape index (κ3) is 3.05. The molecule has 0 saturated carbocycles. The topological polar surface area (TPSA) is 113 Å². The lowest BCUT2D eigenvalue weighted by Crippen LogP contribution is -2.35. The second kappa shape index (κ2) is 6.08. The van der Waals surface area contributed by atoms with Gasteiger partial charge in [0.15, 0.2) is 0 Å². The van der Waals surface area contributed by atoms with E-state index < -0.39 is 16.7 Å². The van der Waals surface area contributed by atoms with E-state index in [0.717, 1.165) is 34.8 Å². The van der Waals surface area contributed by atoms with Gasteiger partial charge in [0.2, 0.25) is 0 Å². The number of aromatic hydroxyl groups is 1. The van der Waals surface area contributed by atoms with Crippen molar-refractivity contribution in [1.82, 2.24) is 5.43 Å². The molecule has 8 heteroatoms. The van der Waals surface area contributed by atoms with Crippen molar-refractivity contribution in [2.45, 2.75) is 6.92 Å². The Hall–Kier alpha value is -3.68. The number of aryl methyl sites for hydroxylation is 1. The zero-order valence-electron chi connectivity index (χ0n) is 13.1. The molecule has 0 unspecified atom stereocenters. The highest BCUT2D eigenvalue weighted by Gasteiger charge is 2.34. The predicted octanol–water partition coefficient (Wildman–Crippen LogP) is 2.07. The highest BCUT2D eigenvalue weighted by Crippen LogP contribution is 2.27. The first kappa shape index (κ1) is 16.2. The van der Waals surface area contributed by atoms with Crippen LogP contribution in [0.1, 0.15) is 11.1 Å². The number of carbonyl (C=O) groups is 2. The number of nitro groups is 1. The number of nitrogens with one attached hydrogen (secondary N) is 1. The van der Waals surface area contributed by atoms with Crippen LogP contribution in [-0.4, -0.2) is 21.8 Å². The van der Waals surface area contributed by atoms with Crippen LogP contribution in [-0.2, 0) is 9.59 Å². The molecule has 1 aliphatic heterocycles. The first-order valence-electron chi connectivity index (χ1n) is 7.28. The molecule has 8 nitrogen and oxygen atoms in total. The minimum absolute atomic E-state index is 0.0125. The zero-order valence-corrected chi connectivity index (χ0v) is 13.1. The molecule has 3 rings (SSSR count). The van der Waals surface area contributed by atoms with Crippen molar-refractivity contribution in [2.75, 3.05) is 5.01 Å². The normalized spacial score (nSPS) is 15.6. The van der Waals surface area contributed by atoms with Gasteiger partial charge in [-0.25, -0.2) is 5.01 Å². The molecular formula is C17H13N3O5. The minimum atomic E-state index is -0.656. The van der Waals surface area contributed by atoms with Crippen molar-refractivity contribution in [2.24, 2.45) is 0 Å². The predicted molar refractivity (Wildman–Crippen MR) is 89.5 cm³/mol. The molecule has 0 radical (unpaired) electrons. The fourth-order valence-electron chi connectivity index (χ4n) is 2.36. The van der Waals surface area contributed by atoms with Crippen LogP contribution in [0.3, 0.4) is 0 Å². The summed E-state index contributed by atoms with van der Waals surface area (Å²) in [5, 5.41) is 21.8. The molecule has 1 fully saturated rings.